The second-order valence-electron chi connectivity index (χ2n) is 6.96. The third kappa shape index (κ3) is 6.21. The predicted octanol–water partition coefficient (Wildman–Crippen LogP) is 4.04. The Morgan fingerprint density at radius 2 is 1.93 bits per heavy atom. The Morgan fingerprint density at radius 3 is 2.55 bits per heavy atom. The predicted molar refractivity (Wildman–Crippen MR) is 130 cm³/mol. The first-order valence-electron chi connectivity index (χ1n) is 9.75. The number of hydrogen-bond acceptors (Lipinski definition) is 5. The summed E-state index contributed by atoms with van der Waals surface area (Å²) in [5.74, 6) is 2.54. The van der Waals surface area contributed by atoms with E-state index in [0.717, 1.165) is 68.5 Å². The van der Waals surface area contributed by atoms with Crippen molar-refractivity contribution in [2.45, 2.75) is 39.2 Å². The average Bonchev–Trinajstić information content (AvgIpc) is 3.14. The molecular weight excluding hydrogens is 499 g/mol. The van der Waals surface area contributed by atoms with Gasteiger partial charge in [0, 0.05) is 37.8 Å². The number of fused-ring (bicyclic) bond motifs is 1. The number of hydrogen-bond donors (Lipinski definition) is 1. The van der Waals surface area contributed by atoms with Crippen LogP contribution in [0.3, 0.4) is 0 Å². The van der Waals surface area contributed by atoms with Crippen molar-refractivity contribution in [1.29, 1.82) is 0 Å². The summed E-state index contributed by atoms with van der Waals surface area (Å²) in [7, 11) is 5.21. The average molecular weight is 530 g/mol. The summed E-state index contributed by atoms with van der Waals surface area (Å²) in [6.45, 7) is 4.74. The van der Waals surface area contributed by atoms with E-state index in [4.69, 9.17) is 9.47 Å². The Morgan fingerprint density at radius 1 is 1.21 bits per heavy atom. The van der Waals surface area contributed by atoms with Crippen LogP contribution in [-0.2, 0) is 19.4 Å². The molecule has 3 rings (SSSR count). The van der Waals surface area contributed by atoms with Gasteiger partial charge in [0.25, 0.3) is 0 Å². The zero-order valence-corrected chi connectivity index (χ0v) is 20.8. The summed E-state index contributed by atoms with van der Waals surface area (Å²) >= 11 is 1.76. The van der Waals surface area contributed by atoms with Crippen molar-refractivity contribution >= 4 is 41.3 Å². The lowest BCUT2D eigenvalue weighted by molar-refractivity contribution is 0.346. The maximum absolute atomic E-state index is 5.46. The van der Waals surface area contributed by atoms with Crippen LogP contribution < -0.4 is 14.8 Å². The molecule has 29 heavy (non-hydrogen) atoms. The lowest BCUT2D eigenvalue weighted by Crippen LogP contribution is -2.44. The van der Waals surface area contributed by atoms with Crippen LogP contribution in [0.15, 0.2) is 22.5 Å². The van der Waals surface area contributed by atoms with Gasteiger partial charge in [0.15, 0.2) is 17.5 Å². The molecule has 2 aromatic rings. The van der Waals surface area contributed by atoms with Crippen molar-refractivity contribution in [1.82, 2.24) is 15.2 Å². The number of aromatic nitrogens is 1. The van der Waals surface area contributed by atoms with E-state index in [2.05, 4.69) is 37.7 Å². The van der Waals surface area contributed by atoms with Crippen molar-refractivity contribution in [2.24, 2.45) is 4.99 Å². The first-order valence-corrected chi connectivity index (χ1v) is 10.6. The highest BCUT2D eigenvalue weighted by atomic mass is 127. The molecule has 2 heterocycles. The molecule has 1 aliphatic rings. The topological polar surface area (TPSA) is 59.0 Å². The number of thiazole rings is 1. The number of nitrogens with zero attached hydrogens (tertiary/aromatic N) is 3. The Bertz CT molecular complexity index is 825. The molecule has 0 saturated carbocycles. The van der Waals surface area contributed by atoms with Crippen molar-refractivity contribution < 1.29 is 9.47 Å². The molecule has 1 aliphatic heterocycles. The van der Waals surface area contributed by atoms with Gasteiger partial charge in [-0.25, -0.2) is 4.98 Å². The molecule has 0 unspecified atom stereocenters. The Labute approximate surface area is 194 Å². The fourth-order valence-corrected chi connectivity index (χ4v) is 4.33. The minimum Gasteiger partial charge on any atom is -0.493 e. The van der Waals surface area contributed by atoms with Crippen LogP contribution in [0.1, 0.15) is 34.7 Å². The van der Waals surface area contributed by atoms with E-state index in [1.165, 1.54) is 16.1 Å². The Hall–Kier alpha value is -1.55. The number of rotatable bonds is 7. The number of aliphatic imine (C=N–C) groups is 1. The van der Waals surface area contributed by atoms with E-state index < -0.39 is 0 Å². The van der Waals surface area contributed by atoms with E-state index in [-0.39, 0.29) is 24.0 Å². The van der Waals surface area contributed by atoms with Gasteiger partial charge in [-0.05, 0) is 55.9 Å². The highest BCUT2D eigenvalue weighted by molar-refractivity contribution is 14.0. The molecule has 1 aromatic heterocycles. The SMILES string of the molecule is CN=C(NCCCCc1nc(C)cs1)N1CCc2cc(OC)c(OC)cc2C1.I. The maximum Gasteiger partial charge on any atom is 0.193 e. The van der Waals surface area contributed by atoms with Crippen molar-refractivity contribution in [3.05, 3.63) is 39.3 Å². The maximum atomic E-state index is 5.46. The van der Waals surface area contributed by atoms with Gasteiger partial charge in [0.05, 0.1) is 19.2 Å². The van der Waals surface area contributed by atoms with Gasteiger partial charge in [-0.15, -0.1) is 35.3 Å². The molecule has 0 radical (unpaired) electrons. The van der Waals surface area contributed by atoms with Crippen LogP contribution >= 0.6 is 35.3 Å². The summed E-state index contributed by atoms with van der Waals surface area (Å²) in [5, 5.41) is 6.87. The van der Waals surface area contributed by atoms with Crippen molar-refractivity contribution in [3.63, 3.8) is 0 Å². The molecule has 1 N–H and O–H groups in total. The highest BCUT2D eigenvalue weighted by Gasteiger charge is 2.21. The van der Waals surface area contributed by atoms with E-state index in [1.807, 2.05) is 14.0 Å². The molecule has 8 heteroatoms. The van der Waals surface area contributed by atoms with Crippen molar-refractivity contribution in [3.8, 4) is 11.5 Å². The van der Waals surface area contributed by atoms with Gasteiger partial charge in [0.1, 0.15) is 0 Å². The van der Waals surface area contributed by atoms with Gasteiger partial charge in [-0.3, -0.25) is 4.99 Å². The number of ether oxygens (including phenoxy) is 2. The van der Waals surface area contributed by atoms with Crippen LogP contribution in [0.4, 0.5) is 0 Å². The lowest BCUT2D eigenvalue weighted by atomic mass is 9.99. The highest BCUT2D eigenvalue weighted by Crippen LogP contribution is 2.33. The van der Waals surface area contributed by atoms with E-state index in [1.54, 1.807) is 25.6 Å². The minimum absolute atomic E-state index is 0. The molecule has 160 valence electrons. The largest absolute Gasteiger partial charge is 0.493 e. The van der Waals surface area contributed by atoms with Gasteiger partial charge < -0.3 is 19.7 Å². The second-order valence-corrected chi connectivity index (χ2v) is 7.90. The van der Waals surface area contributed by atoms with Crippen LogP contribution in [-0.4, -0.2) is 50.2 Å². The van der Waals surface area contributed by atoms with E-state index in [0.29, 0.717) is 0 Å². The number of unbranched alkanes of at least 4 members (excludes halogenated alkanes) is 1. The number of nitrogens with one attached hydrogen (secondary N) is 1. The van der Waals surface area contributed by atoms with Gasteiger partial charge >= 0.3 is 0 Å². The third-order valence-corrected chi connectivity index (χ3v) is 6.02. The standard InChI is InChI=1S/C21H30N4O2S.HI/c1-15-14-28-20(24-15)7-5-6-9-23-21(22-2)25-10-8-16-11-18(26-3)19(27-4)12-17(16)13-25;/h11-12,14H,5-10,13H2,1-4H3,(H,22,23);1H. The van der Waals surface area contributed by atoms with Crippen molar-refractivity contribution in [2.75, 3.05) is 34.4 Å². The fourth-order valence-electron chi connectivity index (χ4n) is 3.52. The number of guanidine groups is 1. The summed E-state index contributed by atoms with van der Waals surface area (Å²) in [5.41, 5.74) is 3.72. The van der Waals surface area contributed by atoms with Gasteiger partial charge in [0.2, 0.25) is 0 Å². The Balaban J connectivity index is 0.00000300. The van der Waals surface area contributed by atoms with Crippen LogP contribution in [0.2, 0.25) is 0 Å². The summed E-state index contributed by atoms with van der Waals surface area (Å²) in [6, 6.07) is 4.19. The van der Waals surface area contributed by atoms with Crippen LogP contribution in [0.5, 0.6) is 11.5 Å². The van der Waals surface area contributed by atoms with Gasteiger partial charge in [-0.1, -0.05) is 0 Å². The fraction of sp³-hybridized carbons (Fsp3) is 0.524. The van der Waals surface area contributed by atoms with E-state index >= 15 is 0 Å². The zero-order chi connectivity index (χ0) is 19.9. The molecule has 0 amide bonds. The molecule has 1 aromatic carbocycles. The number of methoxy groups -OCH3 is 2. The quantitative estimate of drug-likeness (QED) is 0.254. The molecule has 0 spiro atoms. The lowest BCUT2D eigenvalue weighted by Gasteiger charge is -2.32. The summed E-state index contributed by atoms with van der Waals surface area (Å²) in [4.78, 5) is 11.3. The minimum atomic E-state index is 0. The first kappa shape index (κ1) is 23.7. The monoisotopic (exact) mass is 530 g/mol. The molecule has 0 aliphatic carbocycles. The summed E-state index contributed by atoms with van der Waals surface area (Å²) in [6.07, 6.45) is 4.27. The first-order chi connectivity index (χ1) is 13.6. The zero-order valence-electron chi connectivity index (χ0n) is 17.7. The molecule has 0 fully saturated rings. The molecular formula is C21H31IN4O2S. The Kier molecular flexibility index (Phi) is 9.48. The van der Waals surface area contributed by atoms with Crippen LogP contribution in [0, 0.1) is 6.92 Å². The second kappa shape index (κ2) is 11.6. The molecule has 0 atom stereocenters. The number of benzene rings is 1. The molecule has 6 nitrogen and oxygen atoms in total. The molecule has 0 bridgehead atoms. The summed E-state index contributed by atoms with van der Waals surface area (Å²) < 4.78 is 10.9. The number of aryl methyl sites for hydroxylation is 2. The number of halogens is 1. The molecule has 0 saturated heterocycles. The van der Waals surface area contributed by atoms with Crippen LogP contribution in [0.25, 0.3) is 0 Å². The smallest absolute Gasteiger partial charge is 0.193 e. The van der Waals surface area contributed by atoms with Gasteiger partial charge in [-0.2, -0.15) is 0 Å². The normalized spacial score (nSPS) is 13.5. The van der Waals surface area contributed by atoms with E-state index in [9.17, 15) is 0 Å². The third-order valence-electron chi connectivity index (χ3n) is 5.00.